The summed E-state index contributed by atoms with van der Waals surface area (Å²) in [7, 11) is 0. The topological polar surface area (TPSA) is 116 Å². The van der Waals surface area contributed by atoms with Gasteiger partial charge >= 0.3 is 17.9 Å². The lowest BCUT2D eigenvalue weighted by atomic mass is 10.1. The van der Waals surface area contributed by atoms with Gasteiger partial charge in [0.2, 0.25) is 0 Å². The molecule has 0 saturated heterocycles. The number of rotatable bonds is 25. The van der Waals surface area contributed by atoms with Gasteiger partial charge in [0, 0.05) is 25.7 Å². The van der Waals surface area contributed by atoms with E-state index in [0.29, 0.717) is 12.8 Å². The van der Waals surface area contributed by atoms with Crippen molar-refractivity contribution < 1.29 is 38.5 Å². The number of aldehydes is 1. The van der Waals surface area contributed by atoms with E-state index in [1.54, 1.807) is 0 Å². The van der Waals surface area contributed by atoms with Gasteiger partial charge in [-0.1, -0.05) is 78.1 Å². The number of carbonyl (C=O) groups is 4. The molecule has 0 aromatic heterocycles. The van der Waals surface area contributed by atoms with Crippen molar-refractivity contribution in [2.24, 2.45) is 0 Å². The van der Waals surface area contributed by atoms with E-state index in [4.69, 9.17) is 14.2 Å². The summed E-state index contributed by atoms with van der Waals surface area (Å²) < 4.78 is 15.9. The Kier molecular flexibility index (Phi) is 23.4. The summed E-state index contributed by atoms with van der Waals surface area (Å²) in [6, 6.07) is 0. The molecular formula is C28H50O8. The van der Waals surface area contributed by atoms with Crippen molar-refractivity contribution in [3.63, 3.8) is 0 Å². The Balaban J connectivity index is 4.47. The molecule has 0 rings (SSSR count). The predicted octanol–water partition coefficient (Wildman–Crippen LogP) is 5.61. The lowest BCUT2D eigenvalue weighted by molar-refractivity contribution is -0.167. The van der Waals surface area contributed by atoms with E-state index in [1.807, 2.05) is 0 Å². The van der Waals surface area contributed by atoms with Crippen LogP contribution in [0.3, 0.4) is 0 Å². The third-order valence-corrected chi connectivity index (χ3v) is 5.93. The molecule has 0 aromatic rings. The summed E-state index contributed by atoms with van der Waals surface area (Å²) in [6.07, 6.45) is 13.0. The largest absolute Gasteiger partial charge is 0.462 e. The lowest BCUT2D eigenvalue weighted by Gasteiger charge is -2.18. The SMILES string of the molecule is CCCCCCCCC(=O)OCC(COC(=O)CCCCCCCC)OC(=O)CCC(O)CCC=O. The van der Waals surface area contributed by atoms with Gasteiger partial charge in [0.15, 0.2) is 6.10 Å². The third-order valence-electron chi connectivity index (χ3n) is 5.93. The minimum Gasteiger partial charge on any atom is -0.462 e. The van der Waals surface area contributed by atoms with Crippen LogP contribution < -0.4 is 0 Å². The maximum atomic E-state index is 12.2. The molecule has 0 spiro atoms. The van der Waals surface area contributed by atoms with Crippen LogP contribution in [0.4, 0.5) is 0 Å². The molecule has 210 valence electrons. The van der Waals surface area contributed by atoms with E-state index in [9.17, 15) is 24.3 Å². The first kappa shape index (κ1) is 34.0. The molecule has 0 saturated carbocycles. The van der Waals surface area contributed by atoms with Gasteiger partial charge in [0.25, 0.3) is 0 Å². The van der Waals surface area contributed by atoms with Gasteiger partial charge in [-0.25, -0.2) is 0 Å². The quantitative estimate of drug-likeness (QED) is 0.0723. The van der Waals surface area contributed by atoms with Crippen LogP contribution in [0.25, 0.3) is 0 Å². The Bertz CT molecular complexity index is 546. The van der Waals surface area contributed by atoms with E-state index in [1.165, 1.54) is 25.7 Å². The molecule has 0 bridgehead atoms. The molecule has 1 N–H and O–H groups in total. The number of aliphatic hydroxyl groups excluding tert-OH is 1. The van der Waals surface area contributed by atoms with Crippen LogP contribution in [0.2, 0.25) is 0 Å². The van der Waals surface area contributed by atoms with Crippen molar-refractivity contribution in [2.75, 3.05) is 13.2 Å². The van der Waals surface area contributed by atoms with Crippen molar-refractivity contribution in [1.29, 1.82) is 0 Å². The fraction of sp³-hybridized carbons (Fsp3) is 0.857. The zero-order valence-electron chi connectivity index (χ0n) is 22.7. The molecule has 8 nitrogen and oxygen atoms in total. The highest BCUT2D eigenvalue weighted by molar-refractivity contribution is 5.71. The molecule has 0 aromatic carbocycles. The number of hydrogen-bond donors (Lipinski definition) is 1. The molecule has 8 heteroatoms. The van der Waals surface area contributed by atoms with E-state index in [2.05, 4.69) is 13.8 Å². The van der Waals surface area contributed by atoms with Crippen LogP contribution in [0.15, 0.2) is 0 Å². The van der Waals surface area contributed by atoms with Crippen LogP contribution in [-0.4, -0.2) is 54.7 Å². The van der Waals surface area contributed by atoms with Crippen LogP contribution in [-0.2, 0) is 33.4 Å². The lowest BCUT2D eigenvalue weighted by Crippen LogP contribution is -2.31. The minimum atomic E-state index is -0.897. The van der Waals surface area contributed by atoms with Crippen LogP contribution in [0.1, 0.15) is 129 Å². The average molecular weight is 515 g/mol. The minimum absolute atomic E-state index is 0.0477. The monoisotopic (exact) mass is 514 g/mol. The van der Waals surface area contributed by atoms with E-state index in [-0.39, 0.29) is 50.8 Å². The van der Waals surface area contributed by atoms with Gasteiger partial charge in [-0.05, 0) is 25.7 Å². The van der Waals surface area contributed by atoms with Crippen molar-refractivity contribution in [1.82, 2.24) is 0 Å². The molecule has 1 atom stereocenters. The van der Waals surface area contributed by atoms with Crippen LogP contribution >= 0.6 is 0 Å². The maximum absolute atomic E-state index is 12.2. The number of aliphatic hydroxyl groups is 1. The Morgan fingerprint density at radius 2 is 1.14 bits per heavy atom. The maximum Gasteiger partial charge on any atom is 0.306 e. The number of unbranched alkanes of at least 4 members (excludes halogenated alkanes) is 10. The van der Waals surface area contributed by atoms with E-state index in [0.717, 1.165) is 57.7 Å². The Labute approximate surface area is 217 Å². The average Bonchev–Trinajstić information content (AvgIpc) is 2.87. The standard InChI is InChI=1S/C28H50O8/c1-3-5-7-9-11-13-17-26(31)34-22-25(36-28(33)20-19-24(30)16-15-21-29)23-35-27(32)18-14-12-10-8-6-4-2/h21,24-25,30H,3-20,22-23H2,1-2H3. The Hall–Kier alpha value is -1.96. The van der Waals surface area contributed by atoms with E-state index < -0.39 is 18.2 Å². The number of ether oxygens (including phenoxy) is 3. The van der Waals surface area contributed by atoms with Crippen LogP contribution in [0, 0.1) is 0 Å². The molecule has 1 unspecified atom stereocenters. The molecule has 0 heterocycles. The fourth-order valence-electron chi connectivity index (χ4n) is 3.67. The summed E-state index contributed by atoms with van der Waals surface area (Å²) in [5, 5.41) is 9.81. The van der Waals surface area contributed by atoms with Crippen LogP contribution in [0.5, 0.6) is 0 Å². The Morgan fingerprint density at radius 3 is 1.61 bits per heavy atom. The van der Waals surface area contributed by atoms with Crippen molar-refractivity contribution in [3.8, 4) is 0 Å². The summed E-state index contributed by atoms with van der Waals surface area (Å²) in [4.78, 5) is 46.8. The summed E-state index contributed by atoms with van der Waals surface area (Å²) >= 11 is 0. The summed E-state index contributed by atoms with van der Waals surface area (Å²) in [5.41, 5.74) is 0. The number of hydrogen-bond acceptors (Lipinski definition) is 8. The molecular weight excluding hydrogens is 464 g/mol. The third kappa shape index (κ3) is 22.5. The van der Waals surface area contributed by atoms with Gasteiger partial charge in [-0.15, -0.1) is 0 Å². The first-order chi connectivity index (χ1) is 17.4. The second kappa shape index (κ2) is 24.7. The molecule has 0 aliphatic rings. The molecule has 0 amide bonds. The van der Waals surface area contributed by atoms with Gasteiger partial charge in [-0.3, -0.25) is 14.4 Å². The fourth-order valence-corrected chi connectivity index (χ4v) is 3.67. The van der Waals surface area contributed by atoms with E-state index >= 15 is 0 Å². The second-order valence-corrected chi connectivity index (χ2v) is 9.45. The molecule has 0 aliphatic carbocycles. The number of esters is 3. The Morgan fingerprint density at radius 1 is 0.667 bits per heavy atom. The normalized spacial score (nSPS) is 11.8. The van der Waals surface area contributed by atoms with Gasteiger partial charge in [0.1, 0.15) is 19.5 Å². The van der Waals surface area contributed by atoms with Crippen molar-refractivity contribution in [3.05, 3.63) is 0 Å². The zero-order chi connectivity index (χ0) is 26.9. The smallest absolute Gasteiger partial charge is 0.306 e. The molecule has 0 aliphatic heterocycles. The zero-order valence-corrected chi connectivity index (χ0v) is 22.7. The highest BCUT2D eigenvalue weighted by atomic mass is 16.6. The number of carbonyl (C=O) groups excluding carboxylic acids is 4. The highest BCUT2D eigenvalue weighted by Gasteiger charge is 2.20. The summed E-state index contributed by atoms with van der Waals surface area (Å²) in [6.45, 7) is 3.95. The van der Waals surface area contributed by atoms with Crippen molar-refractivity contribution >= 4 is 24.2 Å². The van der Waals surface area contributed by atoms with Gasteiger partial charge in [0.05, 0.1) is 6.10 Å². The highest BCUT2D eigenvalue weighted by Crippen LogP contribution is 2.11. The molecule has 0 radical (unpaired) electrons. The molecule has 36 heavy (non-hydrogen) atoms. The first-order valence-corrected chi connectivity index (χ1v) is 14.0. The molecule has 0 fully saturated rings. The first-order valence-electron chi connectivity index (χ1n) is 14.0. The van der Waals surface area contributed by atoms with Gasteiger partial charge in [-0.2, -0.15) is 0 Å². The van der Waals surface area contributed by atoms with Gasteiger partial charge < -0.3 is 24.1 Å². The summed E-state index contributed by atoms with van der Waals surface area (Å²) in [5.74, 6) is -1.31. The second-order valence-electron chi connectivity index (χ2n) is 9.45. The van der Waals surface area contributed by atoms with Crippen molar-refractivity contribution in [2.45, 2.75) is 142 Å². The predicted molar refractivity (Wildman–Crippen MR) is 138 cm³/mol.